The fourth-order valence-electron chi connectivity index (χ4n) is 0.479. The van der Waals surface area contributed by atoms with Gasteiger partial charge in [0.1, 0.15) is 5.50 Å². The van der Waals surface area contributed by atoms with Gasteiger partial charge in [0.15, 0.2) is 0 Å². The van der Waals surface area contributed by atoms with E-state index in [0.717, 1.165) is 0 Å². The number of halogens is 3. The third kappa shape index (κ3) is 1.78. The van der Waals surface area contributed by atoms with Gasteiger partial charge in [0.25, 0.3) is 0 Å². The van der Waals surface area contributed by atoms with Crippen molar-refractivity contribution in [1.82, 2.24) is 5.32 Å². The van der Waals surface area contributed by atoms with Crippen LogP contribution < -0.4 is 5.32 Å². The third-order valence-electron chi connectivity index (χ3n) is 0.885. The number of nitrogens with one attached hydrogen (secondary N) is 1. The van der Waals surface area contributed by atoms with Crippen molar-refractivity contribution >= 4 is 34.8 Å². The van der Waals surface area contributed by atoms with Crippen LogP contribution in [0.4, 0.5) is 0 Å². The fraction of sp³-hybridized carbons (Fsp3) is 0.200. The van der Waals surface area contributed by atoms with Crippen LogP contribution in [0.15, 0.2) is 22.3 Å². The molecular formula is C5H4Cl3N. The number of alkyl halides is 1. The van der Waals surface area contributed by atoms with Crippen LogP contribution in [-0.2, 0) is 0 Å². The van der Waals surface area contributed by atoms with Crippen LogP contribution in [0.3, 0.4) is 0 Å². The minimum absolute atomic E-state index is 0.325. The molecule has 0 spiro atoms. The molecule has 1 unspecified atom stereocenters. The summed E-state index contributed by atoms with van der Waals surface area (Å²) in [6.45, 7) is 0. The minimum atomic E-state index is -0.325. The van der Waals surface area contributed by atoms with E-state index in [4.69, 9.17) is 34.8 Å². The first kappa shape index (κ1) is 7.26. The average Bonchev–Trinajstić information content (AvgIpc) is 1.80. The predicted octanol–water partition coefficient (Wildman–Crippen LogP) is 2.36. The highest BCUT2D eigenvalue weighted by molar-refractivity contribution is 6.39. The smallest absolute Gasteiger partial charge is 0.137 e. The molecule has 0 amide bonds. The first-order valence-corrected chi connectivity index (χ1v) is 3.52. The van der Waals surface area contributed by atoms with Gasteiger partial charge in [0.2, 0.25) is 0 Å². The lowest BCUT2D eigenvalue weighted by atomic mass is 10.4. The summed E-state index contributed by atoms with van der Waals surface area (Å²) in [7, 11) is 0. The maximum atomic E-state index is 5.62. The second-order valence-electron chi connectivity index (χ2n) is 1.59. The van der Waals surface area contributed by atoms with Gasteiger partial charge in [0.05, 0.1) is 10.1 Å². The standard InChI is InChI=1S/C5H4Cl3N/c6-3-1-4(7)5(8)9-2-3/h1-2,5,9H. The lowest BCUT2D eigenvalue weighted by molar-refractivity contribution is 0.885. The molecule has 4 heteroatoms. The molecule has 0 aromatic heterocycles. The van der Waals surface area contributed by atoms with Crippen LogP contribution in [0.5, 0.6) is 0 Å². The van der Waals surface area contributed by atoms with Crippen LogP contribution >= 0.6 is 34.8 Å². The molecule has 1 atom stereocenters. The summed E-state index contributed by atoms with van der Waals surface area (Å²) in [5.74, 6) is 0. The van der Waals surface area contributed by atoms with Gasteiger partial charge in [-0.2, -0.15) is 0 Å². The second-order valence-corrected chi connectivity index (χ2v) is 2.90. The summed E-state index contributed by atoms with van der Waals surface area (Å²) in [4.78, 5) is 0. The molecule has 0 bridgehead atoms. The Morgan fingerprint density at radius 1 is 1.44 bits per heavy atom. The highest BCUT2D eigenvalue weighted by Gasteiger charge is 2.10. The van der Waals surface area contributed by atoms with Gasteiger partial charge in [-0.25, -0.2) is 0 Å². The minimum Gasteiger partial charge on any atom is -0.370 e. The molecule has 0 saturated heterocycles. The van der Waals surface area contributed by atoms with E-state index in [1.807, 2.05) is 0 Å². The van der Waals surface area contributed by atoms with Gasteiger partial charge >= 0.3 is 0 Å². The Kier molecular flexibility index (Phi) is 2.28. The van der Waals surface area contributed by atoms with Crippen LogP contribution in [0, 0.1) is 0 Å². The largest absolute Gasteiger partial charge is 0.370 e. The lowest BCUT2D eigenvalue weighted by Gasteiger charge is -2.12. The lowest BCUT2D eigenvalue weighted by Crippen LogP contribution is -2.20. The van der Waals surface area contributed by atoms with Crippen molar-refractivity contribution in [1.29, 1.82) is 0 Å². The van der Waals surface area contributed by atoms with E-state index in [2.05, 4.69) is 5.32 Å². The molecular weight excluding hydrogens is 180 g/mol. The summed E-state index contributed by atoms with van der Waals surface area (Å²) < 4.78 is 0. The number of hydrogen-bond acceptors (Lipinski definition) is 1. The highest BCUT2D eigenvalue weighted by atomic mass is 35.5. The molecule has 0 aliphatic carbocycles. The van der Waals surface area contributed by atoms with E-state index >= 15 is 0 Å². The van der Waals surface area contributed by atoms with Gasteiger partial charge in [-0.15, -0.1) is 0 Å². The monoisotopic (exact) mass is 183 g/mol. The molecule has 1 aliphatic rings. The predicted molar refractivity (Wildman–Crippen MR) is 40.6 cm³/mol. The molecule has 0 saturated carbocycles. The van der Waals surface area contributed by atoms with E-state index in [0.29, 0.717) is 10.1 Å². The zero-order valence-corrected chi connectivity index (χ0v) is 6.63. The molecule has 1 nitrogen and oxygen atoms in total. The van der Waals surface area contributed by atoms with Crippen molar-refractivity contribution in [2.75, 3.05) is 0 Å². The van der Waals surface area contributed by atoms with E-state index in [-0.39, 0.29) is 5.50 Å². The van der Waals surface area contributed by atoms with E-state index in [1.165, 1.54) is 0 Å². The zero-order chi connectivity index (χ0) is 6.85. The molecule has 0 radical (unpaired) electrons. The number of rotatable bonds is 0. The van der Waals surface area contributed by atoms with Gasteiger partial charge < -0.3 is 5.32 Å². The Morgan fingerprint density at radius 3 is 2.56 bits per heavy atom. The van der Waals surface area contributed by atoms with Crippen molar-refractivity contribution in [3.8, 4) is 0 Å². The number of hydrogen-bond donors (Lipinski definition) is 1. The molecule has 1 N–H and O–H groups in total. The Morgan fingerprint density at radius 2 is 2.11 bits per heavy atom. The van der Waals surface area contributed by atoms with E-state index in [1.54, 1.807) is 12.3 Å². The maximum absolute atomic E-state index is 5.62. The molecule has 0 aromatic rings. The van der Waals surface area contributed by atoms with Crippen molar-refractivity contribution in [2.45, 2.75) is 5.50 Å². The molecule has 9 heavy (non-hydrogen) atoms. The summed E-state index contributed by atoms with van der Waals surface area (Å²) in [6.07, 6.45) is 3.21. The van der Waals surface area contributed by atoms with Crippen LogP contribution in [0.2, 0.25) is 0 Å². The van der Waals surface area contributed by atoms with Gasteiger partial charge in [-0.3, -0.25) is 0 Å². The number of dihydropyridines is 1. The first-order chi connectivity index (χ1) is 4.20. The van der Waals surface area contributed by atoms with E-state index in [9.17, 15) is 0 Å². The topological polar surface area (TPSA) is 12.0 Å². The Bertz CT molecular complexity index is 173. The van der Waals surface area contributed by atoms with Crippen molar-refractivity contribution in [3.05, 3.63) is 22.3 Å². The quantitative estimate of drug-likeness (QED) is 0.450. The second kappa shape index (κ2) is 2.82. The number of allylic oxidation sites excluding steroid dienone is 2. The van der Waals surface area contributed by atoms with Crippen LogP contribution in [0.1, 0.15) is 0 Å². The Balaban J connectivity index is 2.74. The summed E-state index contributed by atoms with van der Waals surface area (Å²) in [5, 5.41) is 3.84. The van der Waals surface area contributed by atoms with Gasteiger partial charge in [0, 0.05) is 6.20 Å². The normalized spacial score (nSPS) is 26.3. The van der Waals surface area contributed by atoms with Crippen molar-refractivity contribution < 1.29 is 0 Å². The molecule has 1 heterocycles. The van der Waals surface area contributed by atoms with Crippen LogP contribution in [-0.4, -0.2) is 5.50 Å². The average molecular weight is 184 g/mol. The van der Waals surface area contributed by atoms with Gasteiger partial charge in [-0.05, 0) is 6.08 Å². The van der Waals surface area contributed by atoms with Crippen molar-refractivity contribution in [2.24, 2.45) is 0 Å². The van der Waals surface area contributed by atoms with E-state index < -0.39 is 0 Å². The highest BCUT2D eigenvalue weighted by Crippen LogP contribution is 2.20. The first-order valence-electron chi connectivity index (χ1n) is 2.33. The fourth-order valence-corrected chi connectivity index (χ4v) is 1.02. The molecule has 1 rings (SSSR count). The SMILES string of the molecule is ClC1=CNC(Cl)C(Cl)=C1. The molecule has 50 valence electrons. The Labute approximate surface area is 68.3 Å². The molecule has 0 fully saturated rings. The van der Waals surface area contributed by atoms with Gasteiger partial charge in [-0.1, -0.05) is 34.8 Å². The molecule has 1 aliphatic heterocycles. The van der Waals surface area contributed by atoms with Crippen molar-refractivity contribution in [3.63, 3.8) is 0 Å². The zero-order valence-electron chi connectivity index (χ0n) is 4.37. The summed E-state index contributed by atoms with van der Waals surface area (Å²) in [6, 6.07) is 0. The Hall–Kier alpha value is 0.150. The summed E-state index contributed by atoms with van der Waals surface area (Å²) >= 11 is 16.8. The summed E-state index contributed by atoms with van der Waals surface area (Å²) in [5.41, 5.74) is -0.325. The third-order valence-corrected chi connectivity index (χ3v) is 1.90. The van der Waals surface area contributed by atoms with Crippen LogP contribution in [0.25, 0.3) is 0 Å². The maximum Gasteiger partial charge on any atom is 0.137 e. The molecule has 0 aromatic carbocycles.